The van der Waals surface area contributed by atoms with Crippen LogP contribution in [-0.2, 0) is 14.4 Å². The summed E-state index contributed by atoms with van der Waals surface area (Å²) in [5, 5.41) is 13.2. The highest BCUT2D eigenvalue weighted by molar-refractivity contribution is 8.18. The Labute approximate surface area is 121 Å². The first-order valence-corrected chi connectivity index (χ1v) is 8.15. The molecule has 0 radical (unpaired) electrons. The van der Waals surface area contributed by atoms with Crippen LogP contribution < -0.4 is 0 Å². The highest BCUT2D eigenvalue weighted by Crippen LogP contribution is 2.33. The molecule has 1 aromatic carbocycles. The first kappa shape index (κ1) is 14.4. The molecule has 0 spiro atoms. The van der Waals surface area contributed by atoms with Gasteiger partial charge < -0.3 is 0 Å². The van der Waals surface area contributed by atoms with Gasteiger partial charge in [-0.05, 0) is 17.7 Å². The van der Waals surface area contributed by atoms with E-state index in [1.54, 1.807) is 12.2 Å². The van der Waals surface area contributed by atoms with E-state index in [1.165, 1.54) is 11.8 Å². The van der Waals surface area contributed by atoms with E-state index in [4.69, 9.17) is 0 Å². The maximum absolute atomic E-state index is 10.9. The van der Waals surface area contributed by atoms with Crippen molar-refractivity contribution in [1.82, 2.24) is 0 Å². The highest BCUT2D eigenvalue weighted by Gasteiger charge is 2.16. The second-order valence-electron chi connectivity index (χ2n) is 3.86. The number of oxime groups is 1. The predicted molar refractivity (Wildman–Crippen MR) is 79.1 cm³/mol. The number of allylic oxidation sites excluding steroid dienone is 2. The number of benzene rings is 1. The van der Waals surface area contributed by atoms with E-state index in [1.807, 2.05) is 30.3 Å². The molecule has 1 heterocycles. The summed E-state index contributed by atoms with van der Waals surface area (Å²) < 4.78 is 26.1. The molecule has 102 valence electrons. The summed E-state index contributed by atoms with van der Waals surface area (Å²) in [7, 11) is -3.62. The van der Waals surface area contributed by atoms with Gasteiger partial charge in [0.05, 0.1) is 11.8 Å². The van der Waals surface area contributed by atoms with E-state index in [0.717, 1.165) is 11.8 Å². The van der Waals surface area contributed by atoms with Gasteiger partial charge in [0.15, 0.2) is 0 Å². The molecule has 0 saturated heterocycles. The van der Waals surface area contributed by atoms with Crippen LogP contribution >= 0.6 is 11.8 Å². The number of hydrogen-bond donors (Lipinski definition) is 0. The normalized spacial score (nSPS) is 18.9. The maximum atomic E-state index is 10.9. The van der Waals surface area contributed by atoms with E-state index in [9.17, 15) is 13.7 Å². The van der Waals surface area contributed by atoms with Gasteiger partial charge in [-0.15, -0.1) is 0 Å². The minimum atomic E-state index is -3.62. The van der Waals surface area contributed by atoms with Gasteiger partial charge in [0.2, 0.25) is 0 Å². The SMILES string of the molecule is CS(=O)(=O)ON=C1C=C/C(=C(\C#N)c2ccccc2)S1. The van der Waals surface area contributed by atoms with Crippen LogP contribution in [0.15, 0.2) is 52.5 Å². The van der Waals surface area contributed by atoms with Crippen molar-refractivity contribution in [1.29, 1.82) is 5.26 Å². The molecule has 0 aliphatic carbocycles. The van der Waals surface area contributed by atoms with Crippen molar-refractivity contribution in [2.75, 3.05) is 6.26 Å². The second kappa shape index (κ2) is 5.94. The number of hydrogen-bond acceptors (Lipinski definition) is 6. The first-order chi connectivity index (χ1) is 9.49. The first-order valence-electron chi connectivity index (χ1n) is 5.52. The fourth-order valence-corrected chi connectivity index (χ4v) is 2.58. The average Bonchev–Trinajstić information content (AvgIpc) is 2.87. The average molecular weight is 306 g/mol. The minimum Gasteiger partial charge on any atom is -0.268 e. The Bertz CT molecular complexity index is 742. The molecule has 0 fully saturated rings. The Morgan fingerprint density at radius 2 is 2.00 bits per heavy atom. The highest BCUT2D eigenvalue weighted by atomic mass is 32.2. The molecule has 2 rings (SSSR count). The van der Waals surface area contributed by atoms with E-state index >= 15 is 0 Å². The van der Waals surface area contributed by atoms with Gasteiger partial charge >= 0.3 is 10.1 Å². The lowest BCUT2D eigenvalue weighted by molar-refractivity contribution is 0.345. The van der Waals surface area contributed by atoms with Crippen molar-refractivity contribution in [2.24, 2.45) is 5.16 Å². The van der Waals surface area contributed by atoms with E-state index in [0.29, 0.717) is 15.5 Å². The molecule has 0 unspecified atom stereocenters. The summed E-state index contributed by atoms with van der Waals surface area (Å²) in [5.41, 5.74) is 1.31. The fourth-order valence-electron chi connectivity index (χ4n) is 1.48. The third-order valence-corrected chi connectivity index (χ3v) is 3.60. The zero-order chi connectivity index (χ0) is 14.6. The predicted octanol–water partition coefficient (Wildman–Crippen LogP) is 2.51. The molecule has 1 aromatic rings. The van der Waals surface area contributed by atoms with Crippen LogP contribution in [0.3, 0.4) is 0 Å². The van der Waals surface area contributed by atoms with Gasteiger partial charge in [-0.2, -0.15) is 13.7 Å². The molecular formula is C13H10N2O3S2. The third-order valence-electron chi connectivity index (χ3n) is 2.28. The summed E-state index contributed by atoms with van der Waals surface area (Å²) in [6, 6.07) is 11.4. The van der Waals surface area contributed by atoms with Crippen LogP contribution in [0.25, 0.3) is 5.57 Å². The van der Waals surface area contributed by atoms with Crippen molar-refractivity contribution in [3.63, 3.8) is 0 Å². The van der Waals surface area contributed by atoms with Crippen LogP contribution in [0, 0.1) is 11.3 Å². The van der Waals surface area contributed by atoms with Gasteiger partial charge in [-0.25, -0.2) is 0 Å². The summed E-state index contributed by atoms with van der Waals surface area (Å²) in [6.07, 6.45) is 4.23. The van der Waals surface area contributed by atoms with Crippen LogP contribution in [-0.4, -0.2) is 19.7 Å². The van der Waals surface area contributed by atoms with Gasteiger partial charge in [-0.1, -0.05) is 47.2 Å². The molecule has 0 amide bonds. The van der Waals surface area contributed by atoms with E-state index in [2.05, 4.69) is 15.5 Å². The number of nitrogens with zero attached hydrogens (tertiary/aromatic N) is 2. The summed E-state index contributed by atoms with van der Waals surface area (Å²) in [5.74, 6) is 0. The van der Waals surface area contributed by atoms with Crippen molar-refractivity contribution < 1.29 is 12.7 Å². The molecule has 0 saturated carbocycles. The number of rotatable bonds is 3. The molecule has 0 aromatic heterocycles. The second-order valence-corrected chi connectivity index (χ2v) is 6.48. The summed E-state index contributed by atoms with van der Waals surface area (Å²) in [6.45, 7) is 0. The Kier molecular flexibility index (Phi) is 4.27. The lowest BCUT2D eigenvalue weighted by Crippen LogP contribution is -1.98. The van der Waals surface area contributed by atoms with Crippen molar-refractivity contribution in [3.8, 4) is 6.07 Å². The summed E-state index contributed by atoms with van der Waals surface area (Å²) >= 11 is 1.19. The zero-order valence-corrected chi connectivity index (χ0v) is 12.1. The van der Waals surface area contributed by atoms with E-state index < -0.39 is 10.1 Å². The van der Waals surface area contributed by atoms with Gasteiger partial charge in [0.25, 0.3) is 0 Å². The zero-order valence-electron chi connectivity index (χ0n) is 10.5. The molecule has 1 aliphatic heterocycles. The molecular weight excluding hydrogens is 296 g/mol. The molecule has 0 bridgehead atoms. The van der Waals surface area contributed by atoms with E-state index in [-0.39, 0.29) is 0 Å². The Morgan fingerprint density at radius 1 is 1.30 bits per heavy atom. The van der Waals surface area contributed by atoms with Crippen LogP contribution in [0.4, 0.5) is 0 Å². The Balaban J connectivity index is 2.26. The standard InChI is InChI=1S/C13H10N2O3S2/c1-20(16,17)18-15-13-8-7-12(19-13)11(9-14)10-5-3-2-4-6-10/h2-8H,1H3/b12-11-,15-13?. The third kappa shape index (κ3) is 3.73. The maximum Gasteiger partial charge on any atom is 0.325 e. The lowest BCUT2D eigenvalue weighted by Gasteiger charge is -2.01. The van der Waals surface area contributed by atoms with Crippen LogP contribution in [0.2, 0.25) is 0 Å². The molecule has 5 nitrogen and oxygen atoms in total. The van der Waals surface area contributed by atoms with Gasteiger partial charge in [-0.3, -0.25) is 4.28 Å². The topological polar surface area (TPSA) is 79.5 Å². The van der Waals surface area contributed by atoms with Crippen molar-refractivity contribution in [3.05, 3.63) is 53.0 Å². The van der Waals surface area contributed by atoms with Gasteiger partial charge in [0.1, 0.15) is 11.1 Å². The molecule has 0 N–H and O–H groups in total. The largest absolute Gasteiger partial charge is 0.325 e. The van der Waals surface area contributed by atoms with Crippen molar-refractivity contribution in [2.45, 2.75) is 0 Å². The Hall–Kier alpha value is -2.04. The smallest absolute Gasteiger partial charge is 0.268 e. The monoisotopic (exact) mass is 306 g/mol. The minimum absolute atomic E-state index is 0.383. The molecule has 7 heteroatoms. The van der Waals surface area contributed by atoms with Crippen LogP contribution in [0.1, 0.15) is 5.56 Å². The van der Waals surface area contributed by atoms with Gasteiger partial charge in [0, 0.05) is 4.91 Å². The lowest BCUT2D eigenvalue weighted by atomic mass is 10.1. The Morgan fingerprint density at radius 3 is 2.60 bits per heavy atom. The number of thioether (sulfide) groups is 1. The fraction of sp³-hybridized carbons (Fsp3) is 0.0769. The van der Waals surface area contributed by atoms with Crippen molar-refractivity contribution >= 4 is 32.5 Å². The van der Waals surface area contributed by atoms with Crippen LogP contribution in [0.5, 0.6) is 0 Å². The number of nitriles is 1. The quantitative estimate of drug-likeness (QED) is 0.633. The summed E-state index contributed by atoms with van der Waals surface area (Å²) in [4.78, 5) is 0.703. The molecule has 20 heavy (non-hydrogen) atoms. The molecule has 1 aliphatic rings. The molecule has 0 atom stereocenters.